The summed E-state index contributed by atoms with van der Waals surface area (Å²) in [7, 11) is 1.55. The van der Waals surface area contributed by atoms with Crippen LogP contribution in [0, 0.1) is 5.92 Å². The van der Waals surface area contributed by atoms with E-state index in [2.05, 4.69) is 5.32 Å². The minimum Gasteiger partial charge on any atom is -0.497 e. The highest BCUT2D eigenvalue weighted by Crippen LogP contribution is 2.62. The second-order valence-corrected chi connectivity index (χ2v) is 11.0. The third-order valence-electron chi connectivity index (χ3n) is 8.24. The molecule has 4 atom stereocenters. The average Bonchev–Trinajstić information content (AvgIpc) is 3.69. The Balaban J connectivity index is 1.53. The number of ether oxygens (including phenoxy) is 1. The summed E-state index contributed by atoms with van der Waals surface area (Å²) in [5.74, 6) is -1.13. The maximum absolute atomic E-state index is 14.6. The van der Waals surface area contributed by atoms with Crippen LogP contribution >= 0.6 is 11.3 Å². The van der Waals surface area contributed by atoms with E-state index in [1.807, 2.05) is 77.2 Å². The van der Waals surface area contributed by atoms with Crippen molar-refractivity contribution in [2.75, 3.05) is 12.4 Å². The predicted octanol–water partition coefficient (Wildman–Crippen LogP) is 5.74. The van der Waals surface area contributed by atoms with Gasteiger partial charge in [0.15, 0.2) is 11.6 Å². The lowest BCUT2D eigenvalue weighted by Gasteiger charge is -2.38. The van der Waals surface area contributed by atoms with Crippen molar-refractivity contribution < 1.29 is 19.1 Å². The molecule has 1 N–H and O–H groups in total. The monoisotopic (exact) mass is 532 g/mol. The molecular formula is C32H24N2O4S. The van der Waals surface area contributed by atoms with E-state index < -0.39 is 23.4 Å². The molecule has 1 spiro atoms. The average molecular weight is 533 g/mol. The molecule has 0 saturated carbocycles. The lowest BCUT2D eigenvalue weighted by molar-refractivity contribution is -0.122. The SMILES string of the molecule is COc1cccc(C(=O)[C@@H]2[C@@H](C(=O)c3cccs3)[C@@]3(C(=O)Nc4ccccc43)[C@H]3c4ccccc4C=CN23)c1. The van der Waals surface area contributed by atoms with Gasteiger partial charge in [-0.25, -0.2) is 0 Å². The zero-order chi connectivity index (χ0) is 26.7. The number of carbonyl (C=O) groups is 3. The van der Waals surface area contributed by atoms with Crippen molar-refractivity contribution in [3.63, 3.8) is 0 Å². The lowest BCUT2D eigenvalue weighted by Crippen LogP contribution is -2.49. The molecule has 39 heavy (non-hydrogen) atoms. The molecule has 1 saturated heterocycles. The number of fused-ring (bicyclic) bond motifs is 6. The molecule has 3 aliphatic rings. The van der Waals surface area contributed by atoms with Crippen LogP contribution in [0.3, 0.4) is 0 Å². The number of carbonyl (C=O) groups excluding carboxylic acids is 3. The fraction of sp³-hybridized carbons (Fsp3) is 0.156. The third kappa shape index (κ3) is 3.23. The summed E-state index contributed by atoms with van der Waals surface area (Å²) in [6.45, 7) is 0. The Morgan fingerprint density at radius 1 is 0.949 bits per heavy atom. The van der Waals surface area contributed by atoms with E-state index >= 15 is 0 Å². The van der Waals surface area contributed by atoms with Gasteiger partial charge in [0, 0.05) is 17.5 Å². The van der Waals surface area contributed by atoms with Gasteiger partial charge in [0.05, 0.1) is 23.9 Å². The van der Waals surface area contributed by atoms with Gasteiger partial charge in [-0.2, -0.15) is 0 Å². The highest BCUT2D eigenvalue weighted by Gasteiger charge is 2.70. The first-order chi connectivity index (χ1) is 19.1. The Hall–Kier alpha value is -4.49. The van der Waals surface area contributed by atoms with E-state index in [1.54, 1.807) is 37.4 Å². The van der Waals surface area contributed by atoms with Crippen molar-refractivity contribution in [1.82, 2.24) is 4.90 Å². The first-order valence-electron chi connectivity index (χ1n) is 12.8. The standard InChI is InChI=1S/C32H24N2O4S/c1-38-21-10-6-9-20(18-21)28(35)27-26(29(36)25-14-7-17-39-25)32(23-12-4-5-13-24(23)33-31(32)37)30-22-11-3-2-8-19(22)15-16-34(27)30/h2-18,26-27,30H,1H3,(H,33,37)/t26-,27-,30+,32+/m0/s1. The molecule has 1 aromatic heterocycles. The predicted molar refractivity (Wildman–Crippen MR) is 150 cm³/mol. The van der Waals surface area contributed by atoms with Crippen LogP contribution in [-0.2, 0) is 10.2 Å². The fourth-order valence-electron chi connectivity index (χ4n) is 6.69. The largest absolute Gasteiger partial charge is 0.497 e. The van der Waals surface area contributed by atoms with Crippen LogP contribution in [0.25, 0.3) is 6.08 Å². The number of anilines is 1. The van der Waals surface area contributed by atoms with Crippen LogP contribution in [0.1, 0.15) is 42.8 Å². The maximum Gasteiger partial charge on any atom is 0.238 e. The van der Waals surface area contributed by atoms with E-state index in [0.29, 0.717) is 21.9 Å². The molecule has 192 valence electrons. The second-order valence-electron chi connectivity index (χ2n) is 10.0. The van der Waals surface area contributed by atoms with Gasteiger partial charge in [-0.3, -0.25) is 14.4 Å². The highest BCUT2D eigenvalue weighted by atomic mass is 32.1. The van der Waals surface area contributed by atoms with Crippen LogP contribution < -0.4 is 10.1 Å². The van der Waals surface area contributed by atoms with E-state index in [4.69, 9.17) is 4.74 Å². The molecule has 4 aromatic rings. The number of para-hydroxylation sites is 1. The summed E-state index contributed by atoms with van der Waals surface area (Å²) in [5.41, 5.74) is 2.40. The summed E-state index contributed by atoms with van der Waals surface area (Å²) in [4.78, 5) is 45.9. The summed E-state index contributed by atoms with van der Waals surface area (Å²) in [6, 6.07) is 24.5. The maximum atomic E-state index is 14.6. The first-order valence-corrected chi connectivity index (χ1v) is 13.6. The van der Waals surface area contributed by atoms with Crippen molar-refractivity contribution in [2.45, 2.75) is 17.5 Å². The van der Waals surface area contributed by atoms with Crippen LogP contribution in [-0.4, -0.2) is 35.5 Å². The number of benzene rings is 3. The molecule has 3 aromatic carbocycles. The van der Waals surface area contributed by atoms with Crippen molar-refractivity contribution in [3.8, 4) is 5.75 Å². The minimum atomic E-state index is -1.32. The number of nitrogens with zero attached hydrogens (tertiary/aromatic N) is 1. The number of rotatable bonds is 5. The molecule has 0 unspecified atom stereocenters. The number of thiophene rings is 1. The van der Waals surface area contributed by atoms with E-state index in [1.165, 1.54) is 11.3 Å². The Morgan fingerprint density at radius 2 is 1.77 bits per heavy atom. The molecule has 0 radical (unpaired) electrons. The number of nitrogens with one attached hydrogen (secondary N) is 1. The molecule has 6 nitrogen and oxygen atoms in total. The third-order valence-corrected chi connectivity index (χ3v) is 9.12. The van der Waals surface area contributed by atoms with Crippen molar-refractivity contribution in [1.29, 1.82) is 0 Å². The van der Waals surface area contributed by atoms with Crippen LogP contribution in [0.2, 0.25) is 0 Å². The van der Waals surface area contributed by atoms with Crippen molar-refractivity contribution >= 4 is 40.6 Å². The summed E-state index contributed by atoms with van der Waals surface area (Å²) < 4.78 is 5.40. The molecule has 7 rings (SSSR count). The van der Waals surface area contributed by atoms with Crippen LogP contribution in [0.15, 0.2) is 96.5 Å². The van der Waals surface area contributed by atoms with Gasteiger partial charge in [-0.1, -0.05) is 60.7 Å². The van der Waals surface area contributed by atoms with E-state index in [9.17, 15) is 14.4 Å². The molecule has 0 bridgehead atoms. The van der Waals surface area contributed by atoms with E-state index in [0.717, 1.165) is 16.7 Å². The summed E-state index contributed by atoms with van der Waals surface area (Å²) >= 11 is 1.33. The van der Waals surface area contributed by atoms with Gasteiger partial charge in [0.25, 0.3) is 0 Å². The Bertz CT molecular complexity index is 1680. The van der Waals surface area contributed by atoms with E-state index in [-0.39, 0.29) is 17.5 Å². The number of methoxy groups -OCH3 is 1. The minimum absolute atomic E-state index is 0.210. The van der Waals surface area contributed by atoms with Gasteiger partial charge < -0.3 is 15.0 Å². The summed E-state index contributed by atoms with van der Waals surface area (Å²) in [5, 5.41) is 4.92. The quantitative estimate of drug-likeness (QED) is 0.332. The number of Topliss-reactive ketones (excluding diaryl/α,β-unsaturated/α-hetero) is 2. The molecule has 3 aliphatic heterocycles. The summed E-state index contributed by atoms with van der Waals surface area (Å²) in [6.07, 6.45) is 3.84. The molecule has 1 fully saturated rings. The number of hydrogen-bond acceptors (Lipinski definition) is 6. The van der Waals surface area contributed by atoms with Gasteiger partial charge in [0.2, 0.25) is 5.91 Å². The normalized spacial score (nSPS) is 24.2. The van der Waals surface area contributed by atoms with Gasteiger partial charge in [0.1, 0.15) is 17.2 Å². The zero-order valence-electron chi connectivity index (χ0n) is 21.0. The first kappa shape index (κ1) is 23.6. The molecular weight excluding hydrogens is 508 g/mol. The molecule has 4 heterocycles. The number of ketones is 2. The van der Waals surface area contributed by atoms with Crippen LogP contribution in [0.5, 0.6) is 5.75 Å². The Morgan fingerprint density at radius 3 is 2.59 bits per heavy atom. The highest BCUT2D eigenvalue weighted by molar-refractivity contribution is 7.12. The Labute approximate surface area is 229 Å². The smallest absolute Gasteiger partial charge is 0.238 e. The van der Waals surface area contributed by atoms with Crippen LogP contribution in [0.4, 0.5) is 5.69 Å². The number of hydrogen-bond donors (Lipinski definition) is 1. The molecule has 0 aliphatic carbocycles. The Kier molecular flexibility index (Phi) is 5.32. The second kappa shape index (κ2) is 8.78. The van der Waals surface area contributed by atoms with Gasteiger partial charge in [-0.05, 0) is 52.4 Å². The zero-order valence-corrected chi connectivity index (χ0v) is 21.9. The van der Waals surface area contributed by atoms with Crippen molar-refractivity contribution in [2.24, 2.45) is 5.92 Å². The lowest BCUT2D eigenvalue weighted by atomic mass is 9.63. The van der Waals surface area contributed by atoms with Gasteiger partial charge in [-0.15, -0.1) is 11.3 Å². The number of amides is 1. The molecule has 1 amide bonds. The topological polar surface area (TPSA) is 75.7 Å². The fourth-order valence-corrected chi connectivity index (χ4v) is 7.39. The molecule has 7 heteroatoms. The van der Waals surface area contributed by atoms with Gasteiger partial charge >= 0.3 is 0 Å². The van der Waals surface area contributed by atoms with Crippen molar-refractivity contribution in [3.05, 3.63) is 124 Å².